The fourth-order valence-electron chi connectivity index (χ4n) is 0.309. The molecule has 0 amide bonds. The highest BCUT2D eigenvalue weighted by atomic mass is 79.9. The molecule has 3 nitrogen and oxygen atoms in total. The summed E-state index contributed by atoms with van der Waals surface area (Å²) in [7, 11) is 1.28. The van der Waals surface area contributed by atoms with Gasteiger partial charge in [-0.1, -0.05) is 15.9 Å². The van der Waals surface area contributed by atoms with Crippen molar-refractivity contribution in [2.45, 2.75) is 6.10 Å². The lowest BCUT2D eigenvalue weighted by atomic mass is 10.3. The summed E-state index contributed by atoms with van der Waals surface area (Å²) in [6.07, 6.45) is 1.92. The molecule has 0 aliphatic heterocycles. The first-order valence-electron chi connectivity index (χ1n) is 2.71. The van der Waals surface area contributed by atoms with E-state index in [0.717, 1.165) is 0 Å². The minimum atomic E-state index is -0.626. The van der Waals surface area contributed by atoms with E-state index < -0.39 is 12.1 Å². The van der Waals surface area contributed by atoms with Gasteiger partial charge in [0.15, 0.2) is 0 Å². The minimum absolute atomic E-state index is 0.417. The molecule has 0 radical (unpaired) electrons. The third kappa shape index (κ3) is 4.52. The lowest BCUT2D eigenvalue weighted by molar-refractivity contribution is -0.134. The molecule has 0 aliphatic carbocycles. The van der Waals surface area contributed by atoms with Crippen molar-refractivity contribution in [2.75, 3.05) is 12.4 Å². The van der Waals surface area contributed by atoms with E-state index in [1.54, 1.807) is 0 Å². The maximum Gasteiger partial charge on any atom is 0.330 e. The van der Waals surface area contributed by atoms with Crippen LogP contribution in [-0.4, -0.2) is 29.6 Å². The van der Waals surface area contributed by atoms with Gasteiger partial charge in [0.2, 0.25) is 0 Å². The predicted octanol–water partition coefficient (Wildman–Crippen LogP) is 0.471. The minimum Gasteiger partial charge on any atom is -0.466 e. The number of aliphatic hydroxyl groups excluding tert-OH is 1. The monoisotopic (exact) mass is 208 g/mol. The van der Waals surface area contributed by atoms with Gasteiger partial charge in [0.05, 0.1) is 13.2 Å². The number of rotatable bonds is 3. The van der Waals surface area contributed by atoms with Gasteiger partial charge in [-0.2, -0.15) is 0 Å². The smallest absolute Gasteiger partial charge is 0.330 e. The third-order valence-electron chi connectivity index (χ3n) is 0.814. The standard InChI is InChI=1S/C6H9BrO3/c1-10-6(9)3-2-5(8)4-7/h2-3,5,8H,4H2,1H3/b3-2+/t5-/m1/s1. The molecule has 58 valence electrons. The van der Waals surface area contributed by atoms with Crippen LogP contribution < -0.4 is 0 Å². The topological polar surface area (TPSA) is 46.5 Å². The fourth-order valence-corrected chi connectivity index (χ4v) is 0.525. The Morgan fingerprint density at radius 1 is 1.90 bits per heavy atom. The Hall–Kier alpha value is -0.350. The van der Waals surface area contributed by atoms with Crippen molar-refractivity contribution in [1.29, 1.82) is 0 Å². The number of methoxy groups -OCH3 is 1. The number of ether oxygens (including phenoxy) is 1. The van der Waals surface area contributed by atoms with Gasteiger partial charge in [0, 0.05) is 11.4 Å². The van der Waals surface area contributed by atoms with Crippen molar-refractivity contribution >= 4 is 21.9 Å². The van der Waals surface area contributed by atoms with Crippen molar-refractivity contribution in [2.24, 2.45) is 0 Å². The van der Waals surface area contributed by atoms with Crippen LogP contribution >= 0.6 is 15.9 Å². The molecule has 0 aromatic carbocycles. The molecular weight excluding hydrogens is 200 g/mol. The average Bonchev–Trinajstić information content (AvgIpc) is 1.99. The van der Waals surface area contributed by atoms with Gasteiger partial charge in [-0.3, -0.25) is 0 Å². The second-order valence-electron chi connectivity index (χ2n) is 1.60. The predicted molar refractivity (Wildman–Crippen MR) is 41.0 cm³/mol. The molecule has 0 heterocycles. The Balaban J connectivity index is 3.63. The summed E-state index contributed by atoms with van der Waals surface area (Å²) in [5.41, 5.74) is 0. The Morgan fingerprint density at radius 3 is 2.90 bits per heavy atom. The number of carbonyl (C=O) groups is 1. The molecule has 0 saturated heterocycles. The van der Waals surface area contributed by atoms with E-state index in [1.165, 1.54) is 19.3 Å². The molecular formula is C6H9BrO3. The number of hydrogen-bond donors (Lipinski definition) is 1. The van der Waals surface area contributed by atoms with Crippen molar-refractivity contribution in [3.8, 4) is 0 Å². The van der Waals surface area contributed by atoms with Crippen molar-refractivity contribution in [3.63, 3.8) is 0 Å². The zero-order valence-electron chi connectivity index (χ0n) is 5.58. The van der Waals surface area contributed by atoms with Gasteiger partial charge in [0.25, 0.3) is 0 Å². The molecule has 0 bridgehead atoms. The normalized spacial score (nSPS) is 13.5. The van der Waals surface area contributed by atoms with E-state index in [1.807, 2.05) is 0 Å². The number of carbonyl (C=O) groups excluding carboxylic acids is 1. The van der Waals surface area contributed by atoms with Crippen molar-refractivity contribution < 1.29 is 14.6 Å². The van der Waals surface area contributed by atoms with Crippen LogP contribution in [0.2, 0.25) is 0 Å². The SMILES string of the molecule is COC(=O)/C=C/[C@@H](O)CBr. The van der Waals surface area contributed by atoms with Gasteiger partial charge in [0.1, 0.15) is 0 Å². The summed E-state index contributed by atoms with van der Waals surface area (Å²) in [6.45, 7) is 0. The lowest BCUT2D eigenvalue weighted by Gasteiger charge is -1.96. The fraction of sp³-hybridized carbons (Fsp3) is 0.500. The first-order chi connectivity index (χ1) is 4.70. The van der Waals surface area contributed by atoms with E-state index in [-0.39, 0.29) is 0 Å². The maximum absolute atomic E-state index is 10.4. The van der Waals surface area contributed by atoms with Crippen LogP contribution in [0.3, 0.4) is 0 Å². The van der Waals surface area contributed by atoms with Crippen LogP contribution in [0, 0.1) is 0 Å². The largest absolute Gasteiger partial charge is 0.466 e. The van der Waals surface area contributed by atoms with Crippen LogP contribution in [0.5, 0.6) is 0 Å². The van der Waals surface area contributed by atoms with E-state index in [2.05, 4.69) is 20.7 Å². The first-order valence-corrected chi connectivity index (χ1v) is 3.83. The molecule has 4 heteroatoms. The van der Waals surface area contributed by atoms with Crippen LogP contribution in [0.25, 0.3) is 0 Å². The van der Waals surface area contributed by atoms with E-state index >= 15 is 0 Å². The van der Waals surface area contributed by atoms with Gasteiger partial charge in [-0.15, -0.1) is 0 Å². The molecule has 0 unspecified atom stereocenters. The van der Waals surface area contributed by atoms with Crippen LogP contribution in [0.15, 0.2) is 12.2 Å². The van der Waals surface area contributed by atoms with Gasteiger partial charge >= 0.3 is 5.97 Å². The number of halogens is 1. The maximum atomic E-state index is 10.4. The zero-order chi connectivity index (χ0) is 7.98. The zero-order valence-corrected chi connectivity index (χ0v) is 7.17. The highest BCUT2D eigenvalue weighted by molar-refractivity contribution is 9.09. The van der Waals surface area contributed by atoms with Crippen molar-refractivity contribution in [3.05, 3.63) is 12.2 Å². The molecule has 10 heavy (non-hydrogen) atoms. The number of alkyl halides is 1. The molecule has 1 N–H and O–H groups in total. The van der Waals surface area contributed by atoms with Crippen LogP contribution in [0.4, 0.5) is 0 Å². The van der Waals surface area contributed by atoms with Gasteiger partial charge < -0.3 is 9.84 Å². The van der Waals surface area contributed by atoms with Crippen LogP contribution in [-0.2, 0) is 9.53 Å². The number of hydrogen-bond acceptors (Lipinski definition) is 3. The number of aliphatic hydroxyl groups is 1. The highest BCUT2D eigenvalue weighted by Crippen LogP contribution is 1.91. The summed E-state index contributed by atoms with van der Waals surface area (Å²) in [5, 5.41) is 9.28. The molecule has 0 aromatic rings. The molecule has 0 rings (SSSR count). The summed E-state index contributed by atoms with van der Waals surface area (Å²) in [4.78, 5) is 10.4. The van der Waals surface area contributed by atoms with E-state index in [0.29, 0.717) is 5.33 Å². The summed E-state index contributed by atoms with van der Waals surface area (Å²) < 4.78 is 4.29. The second kappa shape index (κ2) is 5.44. The molecule has 0 fully saturated rings. The second-order valence-corrected chi connectivity index (χ2v) is 2.25. The van der Waals surface area contributed by atoms with Gasteiger partial charge in [-0.25, -0.2) is 4.79 Å². The molecule has 0 aromatic heterocycles. The lowest BCUT2D eigenvalue weighted by Crippen LogP contribution is -2.04. The molecule has 0 saturated carbocycles. The van der Waals surface area contributed by atoms with Crippen molar-refractivity contribution in [1.82, 2.24) is 0 Å². The third-order valence-corrected chi connectivity index (χ3v) is 1.48. The number of esters is 1. The molecule has 1 atom stereocenters. The van der Waals surface area contributed by atoms with E-state index in [4.69, 9.17) is 5.11 Å². The molecule has 0 aliphatic rings. The Morgan fingerprint density at radius 2 is 2.50 bits per heavy atom. The average molecular weight is 209 g/mol. The quantitative estimate of drug-likeness (QED) is 0.417. The Bertz CT molecular complexity index is 133. The summed E-state index contributed by atoms with van der Waals surface area (Å²) >= 11 is 3.03. The van der Waals surface area contributed by atoms with Crippen LogP contribution in [0.1, 0.15) is 0 Å². The summed E-state index contributed by atoms with van der Waals surface area (Å²) in [6, 6.07) is 0. The molecule has 0 spiro atoms. The first kappa shape index (κ1) is 9.65. The summed E-state index contributed by atoms with van der Waals surface area (Å²) in [5.74, 6) is -0.458. The Kier molecular flexibility index (Phi) is 5.25. The Labute approximate surface area is 67.8 Å². The van der Waals surface area contributed by atoms with Gasteiger partial charge in [-0.05, 0) is 6.08 Å². The van der Waals surface area contributed by atoms with E-state index in [9.17, 15) is 4.79 Å². The highest BCUT2D eigenvalue weighted by Gasteiger charge is 1.96.